The lowest BCUT2D eigenvalue weighted by Gasteiger charge is -2.18. The monoisotopic (exact) mass is 267 g/mol. The predicted molar refractivity (Wildman–Crippen MR) is 74.2 cm³/mol. The molecule has 0 heterocycles. The minimum atomic E-state index is -2.87. The van der Waals surface area contributed by atoms with Crippen LogP contribution >= 0.6 is 0 Å². The maximum absolute atomic E-state index is 11.5. The SMILES string of the molecule is CCS(=O)(=O)CCNC(c1ccccc1)C1CC1. The highest BCUT2D eigenvalue weighted by Gasteiger charge is 2.31. The van der Waals surface area contributed by atoms with Gasteiger partial charge in [0.15, 0.2) is 9.84 Å². The second kappa shape index (κ2) is 5.85. The fraction of sp³-hybridized carbons (Fsp3) is 0.571. The van der Waals surface area contributed by atoms with Crippen LogP contribution in [0.1, 0.15) is 31.4 Å². The molecule has 0 amide bonds. The van der Waals surface area contributed by atoms with Crippen molar-refractivity contribution in [2.45, 2.75) is 25.8 Å². The fourth-order valence-electron chi connectivity index (χ4n) is 2.16. The molecule has 0 spiro atoms. The Hall–Kier alpha value is -0.870. The molecule has 0 aromatic heterocycles. The van der Waals surface area contributed by atoms with Gasteiger partial charge in [-0.3, -0.25) is 0 Å². The third-order valence-corrected chi connectivity index (χ3v) is 5.18. The van der Waals surface area contributed by atoms with Crippen LogP contribution in [-0.2, 0) is 9.84 Å². The molecular weight excluding hydrogens is 246 g/mol. The number of benzene rings is 1. The van der Waals surface area contributed by atoms with E-state index in [0.717, 1.165) is 0 Å². The van der Waals surface area contributed by atoms with Gasteiger partial charge in [0.1, 0.15) is 0 Å². The first-order valence-electron chi connectivity index (χ1n) is 6.61. The van der Waals surface area contributed by atoms with E-state index in [1.54, 1.807) is 6.92 Å². The van der Waals surface area contributed by atoms with E-state index in [0.29, 0.717) is 18.5 Å². The van der Waals surface area contributed by atoms with Crippen molar-refractivity contribution in [1.29, 1.82) is 0 Å². The molecule has 100 valence electrons. The van der Waals surface area contributed by atoms with Gasteiger partial charge in [0, 0.05) is 18.3 Å². The van der Waals surface area contributed by atoms with Crippen molar-refractivity contribution >= 4 is 9.84 Å². The van der Waals surface area contributed by atoms with E-state index >= 15 is 0 Å². The summed E-state index contributed by atoms with van der Waals surface area (Å²) >= 11 is 0. The van der Waals surface area contributed by atoms with Gasteiger partial charge in [0.2, 0.25) is 0 Å². The van der Waals surface area contributed by atoms with E-state index in [1.165, 1.54) is 18.4 Å². The highest BCUT2D eigenvalue weighted by atomic mass is 32.2. The van der Waals surface area contributed by atoms with Crippen LogP contribution in [0, 0.1) is 5.92 Å². The molecule has 0 aliphatic heterocycles. The molecule has 0 radical (unpaired) electrons. The molecule has 1 fully saturated rings. The molecule has 1 N–H and O–H groups in total. The molecule has 0 saturated heterocycles. The lowest BCUT2D eigenvalue weighted by atomic mass is 10.0. The quantitative estimate of drug-likeness (QED) is 0.823. The van der Waals surface area contributed by atoms with Gasteiger partial charge < -0.3 is 5.32 Å². The first-order chi connectivity index (χ1) is 8.62. The predicted octanol–water partition coefficient (Wildman–Crippen LogP) is 2.16. The normalized spacial score (nSPS) is 17.6. The maximum Gasteiger partial charge on any atom is 0.151 e. The van der Waals surface area contributed by atoms with Crippen LogP contribution in [0.25, 0.3) is 0 Å². The Balaban J connectivity index is 1.92. The molecule has 1 atom stereocenters. The van der Waals surface area contributed by atoms with Gasteiger partial charge in [0.05, 0.1) is 5.75 Å². The van der Waals surface area contributed by atoms with Crippen molar-refractivity contribution in [1.82, 2.24) is 5.32 Å². The summed E-state index contributed by atoms with van der Waals surface area (Å²) in [5.74, 6) is 1.14. The third kappa shape index (κ3) is 3.82. The number of hydrogen-bond acceptors (Lipinski definition) is 3. The van der Waals surface area contributed by atoms with Crippen LogP contribution < -0.4 is 5.32 Å². The van der Waals surface area contributed by atoms with E-state index in [1.807, 2.05) is 18.2 Å². The largest absolute Gasteiger partial charge is 0.309 e. The van der Waals surface area contributed by atoms with Crippen molar-refractivity contribution < 1.29 is 8.42 Å². The first kappa shape index (κ1) is 13.6. The zero-order valence-corrected chi connectivity index (χ0v) is 11.6. The van der Waals surface area contributed by atoms with Crippen molar-refractivity contribution in [2.24, 2.45) is 5.92 Å². The van der Waals surface area contributed by atoms with Gasteiger partial charge in [-0.2, -0.15) is 0 Å². The number of sulfone groups is 1. The Bertz CT molecular complexity index is 466. The molecule has 3 nitrogen and oxygen atoms in total. The molecule has 18 heavy (non-hydrogen) atoms. The summed E-state index contributed by atoms with van der Waals surface area (Å²) in [4.78, 5) is 0. The van der Waals surface area contributed by atoms with Crippen molar-refractivity contribution in [3.8, 4) is 0 Å². The molecule has 1 aromatic carbocycles. The van der Waals surface area contributed by atoms with Crippen molar-refractivity contribution in [3.05, 3.63) is 35.9 Å². The van der Waals surface area contributed by atoms with E-state index in [-0.39, 0.29) is 11.5 Å². The van der Waals surface area contributed by atoms with Gasteiger partial charge in [-0.15, -0.1) is 0 Å². The molecule has 1 saturated carbocycles. The standard InChI is InChI=1S/C14H21NO2S/c1-2-18(16,17)11-10-15-14(13-8-9-13)12-6-4-3-5-7-12/h3-7,13-15H,2,8-11H2,1H3. The van der Waals surface area contributed by atoms with Gasteiger partial charge in [-0.25, -0.2) is 8.42 Å². The number of hydrogen-bond donors (Lipinski definition) is 1. The Labute approximate surface area is 110 Å². The molecule has 1 aliphatic carbocycles. The maximum atomic E-state index is 11.5. The second-order valence-corrected chi connectivity index (χ2v) is 7.39. The van der Waals surface area contributed by atoms with E-state index in [9.17, 15) is 8.42 Å². The van der Waals surface area contributed by atoms with Crippen LogP contribution in [0.4, 0.5) is 0 Å². The number of nitrogens with one attached hydrogen (secondary N) is 1. The molecule has 1 aromatic rings. The van der Waals surface area contributed by atoms with Gasteiger partial charge in [-0.05, 0) is 24.3 Å². The van der Waals surface area contributed by atoms with Crippen LogP contribution in [0.5, 0.6) is 0 Å². The Morgan fingerprint density at radius 3 is 2.50 bits per heavy atom. The zero-order valence-electron chi connectivity index (χ0n) is 10.8. The average molecular weight is 267 g/mol. The van der Waals surface area contributed by atoms with Crippen LogP contribution in [-0.4, -0.2) is 26.5 Å². The highest BCUT2D eigenvalue weighted by molar-refractivity contribution is 7.91. The molecule has 2 rings (SSSR count). The molecular formula is C14H21NO2S. The van der Waals surface area contributed by atoms with Crippen LogP contribution in [0.3, 0.4) is 0 Å². The van der Waals surface area contributed by atoms with Gasteiger partial charge in [0.25, 0.3) is 0 Å². The summed E-state index contributed by atoms with van der Waals surface area (Å²) in [6, 6.07) is 10.6. The third-order valence-electron chi connectivity index (χ3n) is 3.47. The van der Waals surface area contributed by atoms with Gasteiger partial charge in [-0.1, -0.05) is 37.3 Å². The van der Waals surface area contributed by atoms with E-state index in [4.69, 9.17) is 0 Å². The summed E-state index contributed by atoms with van der Waals surface area (Å²) in [6.45, 7) is 2.25. The lowest BCUT2D eigenvalue weighted by molar-refractivity contribution is 0.494. The summed E-state index contributed by atoms with van der Waals surface area (Å²) in [6.07, 6.45) is 2.49. The summed E-state index contributed by atoms with van der Waals surface area (Å²) in [5.41, 5.74) is 1.27. The Morgan fingerprint density at radius 2 is 1.94 bits per heavy atom. The average Bonchev–Trinajstić information content (AvgIpc) is 3.20. The molecule has 1 unspecified atom stereocenters. The second-order valence-electron chi connectivity index (χ2n) is 4.92. The summed E-state index contributed by atoms with van der Waals surface area (Å²) in [7, 11) is -2.87. The first-order valence-corrected chi connectivity index (χ1v) is 8.43. The Kier molecular flexibility index (Phi) is 4.40. The minimum Gasteiger partial charge on any atom is -0.309 e. The summed E-state index contributed by atoms with van der Waals surface area (Å²) in [5, 5.41) is 3.41. The fourth-order valence-corrected chi connectivity index (χ4v) is 2.88. The van der Waals surface area contributed by atoms with E-state index < -0.39 is 9.84 Å². The topological polar surface area (TPSA) is 46.2 Å². The molecule has 0 bridgehead atoms. The Morgan fingerprint density at radius 1 is 1.28 bits per heavy atom. The van der Waals surface area contributed by atoms with Crippen molar-refractivity contribution in [3.63, 3.8) is 0 Å². The van der Waals surface area contributed by atoms with Crippen LogP contribution in [0.2, 0.25) is 0 Å². The van der Waals surface area contributed by atoms with E-state index in [2.05, 4.69) is 17.4 Å². The van der Waals surface area contributed by atoms with Crippen molar-refractivity contribution in [2.75, 3.05) is 18.1 Å². The molecule has 4 heteroatoms. The van der Waals surface area contributed by atoms with Gasteiger partial charge >= 0.3 is 0 Å². The minimum absolute atomic E-state index is 0.230. The lowest BCUT2D eigenvalue weighted by Crippen LogP contribution is -2.29. The number of rotatable bonds is 7. The summed E-state index contributed by atoms with van der Waals surface area (Å²) < 4.78 is 22.9. The smallest absolute Gasteiger partial charge is 0.151 e. The zero-order chi connectivity index (χ0) is 13.0. The van der Waals surface area contributed by atoms with Crippen LogP contribution in [0.15, 0.2) is 30.3 Å². The highest BCUT2D eigenvalue weighted by Crippen LogP contribution is 2.40. The molecule has 1 aliphatic rings.